The number of hydrogen-bond acceptors (Lipinski definition) is 3. The molecule has 1 amide bonds. The molecule has 0 aliphatic carbocycles. The zero-order valence-corrected chi connectivity index (χ0v) is 13.3. The Bertz CT molecular complexity index is 751. The van der Waals surface area contributed by atoms with Gasteiger partial charge in [-0.25, -0.2) is 13.1 Å². The van der Waals surface area contributed by atoms with E-state index < -0.39 is 15.9 Å². The van der Waals surface area contributed by atoms with Gasteiger partial charge in [-0.05, 0) is 37.1 Å². The summed E-state index contributed by atoms with van der Waals surface area (Å²) in [7, 11) is -3.68. The van der Waals surface area contributed by atoms with Crippen LogP contribution in [0.2, 0.25) is 0 Å². The van der Waals surface area contributed by atoms with Crippen LogP contribution in [0.4, 0.5) is 5.69 Å². The second-order valence-corrected chi connectivity index (χ2v) is 6.72. The molecule has 0 unspecified atom stereocenters. The standard InChI is InChI=1S/C16H18N2O3S/c1-12-7-6-8-13(2)16(12)18-15(19)11-17-22(20,21)14-9-4-3-5-10-14/h3-10,17H,11H2,1-2H3,(H,18,19). The maximum Gasteiger partial charge on any atom is 0.241 e. The average molecular weight is 318 g/mol. The highest BCUT2D eigenvalue weighted by Crippen LogP contribution is 2.19. The van der Waals surface area contributed by atoms with Crippen LogP contribution in [0.1, 0.15) is 11.1 Å². The minimum Gasteiger partial charge on any atom is -0.324 e. The largest absolute Gasteiger partial charge is 0.324 e. The summed E-state index contributed by atoms with van der Waals surface area (Å²) in [6.07, 6.45) is 0. The van der Waals surface area contributed by atoms with Gasteiger partial charge in [-0.1, -0.05) is 36.4 Å². The minimum absolute atomic E-state index is 0.134. The summed E-state index contributed by atoms with van der Waals surface area (Å²) >= 11 is 0. The maximum atomic E-state index is 12.0. The summed E-state index contributed by atoms with van der Waals surface area (Å²) in [5, 5.41) is 2.74. The molecule has 0 saturated carbocycles. The topological polar surface area (TPSA) is 75.3 Å². The first-order chi connectivity index (χ1) is 10.4. The molecule has 2 aromatic rings. The molecule has 2 N–H and O–H groups in total. The smallest absolute Gasteiger partial charge is 0.241 e. The lowest BCUT2D eigenvalue weighted by Crippen LogP contribution is -2.33. The predicted molar refractivity (Wildman–Crippen MR) is 86.2 cm³/mol. The molecule has 0 aliphatic rings. The number of nitrogens with one attached hydrogen (secondary N) is 2. The Kier molecular flexibility index (Phi) is 4.95. The summed E-state index contributed by atoms with van der Waals surface area (Å²) in [5.41, 5.74) is 2.57. The van der Waals surface area contributed by atoms with Gasteiger partial charge in [0.05, 0.1) is 11.4 Å². The van der Waals surface area contributed by atoms with Crippen LogP contribution in [0, 0.1) is 13.8 Å². The van der Waals surface area contributed by atoms with Gasteiger partial charge >= 0.3 is 0 Å². The number of sulfonamides is 1. The Morgan fingerprint density at radius 3 is 2.14 bits per heavy atom. The lowest BCUT2D eigenvalue weighted by Gasteiger charge is -2.12. The Balaban J connectivity index is 2.02. The van der Waals surface area contributed by atoms with Crippen molar-refractivity contribution >= 4 is 21.6 Å². The quantitative estimate of drug-likeness (QED) is 0.887. The Morgan fingerprint density at radius 1 is 0.955 bits per heavy atom. The van der Waals surface area contributed by atoms with Crippen LogP contribution in [0.3, 0.4) is 0 Å². The van der Waals surface area contributed by atoms with Gasteiger partial charge in [-0.3, -0.25) is 4.79 Å². The van der Waals surface area contributed by atoms with E-state index >= 15 is 0 Å². The molecule has 0 radical (unpaired) electrons. The van der Waals surface area contributed by atoms with Crippen molar-refractivity contribution in [2.75, 3.05) is 11.9 Å². The van der Waals surface area contributed by atoms with Crippen LogP contribution in [0.5, 0.6) is 0 Å². The minimum atomic E-state index is -3.68. The fourth-order valence-electron chi connectivity index (χ4n) is 2.04. The number of para-hydroxylation sites is 1. The highest BCUT2D eigenvalue weighted by molar-refractivity contribution is 7.89. The zero-order chi connectivity index (χ0) is 16.2. The third kappa shape index (κ3) is 3.93. The second kappa shape index (κ2) is 6.72. The number of carbonyl (C=O) groups excluding carboxylic acids is 1. The van der Waals surface area contributed by atoms with Crippen LogP contribution in [-0.2, 0) is 14.8 Å². The first-order valence-electron chi connectivity index (χ1n) is 6.81. The third-order valence-electron chi connectivity index (χ3n) is 3.22. The molecule has 0 aromatic heterocycles. The fraction of sp³-hybridized carbons (Fsp3) is 0.188. The average Bonchev–Trinajstić information content (AvgIpc) is 2.50. The van der Waals surface area contributed by atoms with Gasteiger partial charge in [-0.2, -0.15) is 0 Å². The molecule has 116 valence electrons. The molecule has 2 rings (SSSR count). The molecule has 5 nitrogen and oxygen atoms in total. The Labute approximate surface area is 130 Å². The molecule has 22 heavy (non-hydrogen) atoms. The van der Waals surface area contributed by atoms with Gasteiger partial charge in [-0.15, -0.1) is 0 Å². The van der Waals surface area contributed by atoms with E-state index in [-0.39, 0.29) is 11.4 Å². The number of anilines is 1. The van der Waals surface area contributed by atoms with Crippen LogP contribution in [0.25, 0.3) is 0 Å². The van der Waals surface area contributed by atoms with Crippen molar-refractivity contribution in [1.82, 2.24) is 4.72 Å². The molecular formula is C16H18N2O3S. The summed E-state index contributed by atoms with van der Waals surface area (Å²) in [6, 6.07) is 13.6. The van der Waals surface area contributed by atoms with E-state index in [1.807, 2.05) is 32.0 Å². The lowest BCUT2D eigenvalue weighted by molar-refractivity contribution is -0.115. The summed E-state index contributed by atoms with van der Waals surface area (Å²) in [6.45, 7) is 3.46. The molecule has 0 aliphatic heterocycles. The molecule has 6 heteroatoms. The molecule has 0 saturated heterocycles. The van der Waals surface area contributed by atoms with Crippen molar-refractivity contribution in [3.63, 3.8) is 0 Å². The molecule has 0 heterocycles. The second-order valence-electron chi connectivity index (χ2n) is 4.95. The van der Waals surface area contributed by atoms with Crippen LogP contribution in [0.15, 0.2) is 53.4 Å². The summed E-state index contributed by atoms with van der Waals surface area (Å²) < 4.78 is 26.4. The number of amides is 1. The van der Waals surface area contributed by atoms with Crippen LogP contribution in [-0.4, -0.2) is 20.9 Å². The van der Waals surface area contributed by atoms with Crippen LogP contribution >= 0.6 is 0 Å². The van der Waals surface area contributed by atoms with Crippen molar-refractivity contribution in [2.24, 2.45) is 0 Å². The van der Waals surface area contributed by atoms with Crippen molar-refractivity contribution in [3.8, 4) is 0 Å². The third-order valence-corrected chi connectivity index (χ3v) is 4.64. The van der Waals surface area contributed by atoms with Gasteiger partial charge in [0.15, 0.2) is 0 Å². The molecule has 0 atom stereocenters. The molecular weight excluding hydrogens is 300 g/mol. The monoisotopic (exact) mass is 318 g/mol. The van der Waals surface area contributed by atoms with Crippen LogP contribution < -0.4 is 10.0 Å². The maximum absolute atomic E-state index is 12.0. The summed E-state index contributed by atoms with van der Waals surface area (Å²) in [5.74, 6) is -0.406. The van der Waals surface area contributed by atoms with Gasteiger partial charge in [0, 0.05) is 5.69 Å². The highest BCUT2D eigenvalue weighted by Gasteiger charge is 2.15. The normalized spacial score (nSPS) is 11.2. The SMILES string of the molecule is Cc1cccc(C)c1NC(=O)CNS(=O)(=O)c1ccccc1. The van der Waals surface area contributed by atoms with E-state index in [0.717, 1.165) is 11.1 Å². The predicted octanol–water partition coefficient (Wildman–Crippen LogP) is 2.22. The van der Waals surface area contributed by atoms with Gasteiger partial charge < -0.3 is 5.32 Å². The number of rotatable bonds is 5. The van der Waals surface area contributed by atoms with Crippen molar-refractivity contribution in [3.05, 3.63) is 59.7 Å². The molecule has 2 aromatic carbocycles. The zero-order valence-electron chi connectivity index (χ0n) is 12.5. The van der Waals surface area contributed by atoms with E-state index in [1.165, 1.54) is 12.1 Å². The first-order valence-corrected chi connectivity index (χ1v) is 8.29. The molecule has 0 bridgehead atoms. The lowest BCUT2D eigenvalue weighted by atomic mass is 10.1. The van der Waals surface area contributed by atoms with Crippen molar-refractivity contribution < 1.29 is 13.2 Å². The number of carbonyl (C=O) groups is 1. The van der Waals surface area contributed by atoms with E-state index in [1.54, 1.807) is 18.2 Å². The fourth-order valence-corrected chi connectivity index (χ4v) is 3.04. The first kappa shape index (κ1) is 16.2. The van der Waals surface area contributed by atoms with E-state index in [9.17, 15) is 13.2 Å². The van der Waals surface area contributed by atoms with Gasteiger partial charge in [0.25, 0.3) is 0 Å². The molecule has 0 fully saturated rings. The van der Waals surface area contributed by atoms with Crippen molar-refractivity contribution in [1.29, 1.82) is 0 Å². The highest BCUT2D eigenvalue weighted by atomic mass is 32.2. The number of aryl methyl sites for hydroxylation is 2. The number of hydrogen-bond donors (Lipinski definition) is 2. The van der Waals surface area contributed by atoms with E-state index in [0.29, 0.717) is 5.69 Å². The van der Waals surface area contributed by atoms with E-state index in [2.05, 4.69) is 10.0 Å². The molecule has 0 spiro atoms. The van der Waals surface area contributed by atoms with Gasteiger partial charge in [0.2, 0.25) is 15.9 Å². The summed E-state index contributed by atoms with van der Waals surface area (Å²) in [4.78, 5) is 12.1. The Hall–Kier alpha value is -2.18. The van der Waals surface area contributed by atoms with Crippen molar-refractivity contribution in [2.45, 2.75) is 18.7 Å². The van der Waals surface area contributed by atoms with E-state index in [4.69, 9.17) is 0 Å². The Morgan fingerprint density at radius 2 is 1.55 bits per heavy atom. The van der Waals surface area contributed by atoms with Gasteiger partial charge in [0.1, 0.15) is 0 Å². The number of benzene rings is 2.